The second-order valence-corrected chi connectivity index (χ2v) is 9.05. The smallest absolute Gasteiger partial charge is 0.269 e. The molecule has 0 amide bonds. The van der Waals surface area contributed by atoms with Crippen molar-refractivity contribution in [2.24, 2.45) is 0 Å². The molecule has 0 radical (unpaired) electrons. The number of imidazole rings is 1. The predicted molar refractivity (Wildman–Crippen MR) is 139 cm³/mol. The Labute approximate surface area is 215 Å². The van der Waals surface area contributed by atoms with Crippen LogP contribution in [0, 0.1) is 17.0 Å². The van der Waals surface area contributed by atoms with Gasteiger partial charge in [-0.05, 0) is 36.8 Å². The Morgan fingerprint density at radius 3 is 2.42 bits per heavy atom. The first kappa shape index (κ1) is 23.7. The van der Waals surface area contributed by atoms with Crippen LogP contribution in [-0.2, 0) is 18.0 Å². The summed E-state index contributed by atoms with van der Waals surface area (Å²) in [5.41, 5.74) is 4.87. The molecule has 0 unspecified atom stereocenters. The zero-order valence-corrected chi connectivity index (χ0v) is 20.9. The molecule has 180 valence electrons. The number of hydrogen-bond donors (Lipinski definition) is 0. The summed E-state index contributed by atoms with van der Waals surface area (Å²) in [5, 5.41) is 15.4. The van der Waals surface area contributed by atoms with Crippen LogP contribution < -0.4 is 0 Å². The van der Waals surface area contributed by atoms with Crippen molar-refractivity contribution in [1.82, 2.24) is 14.7 Å². The quantitative estimate of drug-likeness (QED) is 0.156. The average molecular weight is 545 g/mol. The van der Waals surface area contributed by atoms with E-state index in [0.717, 1.165) is 26.9 Å². The summed E-state index contributed by atoms with van der Waals surface area (Å²) in [7, 11) is 0. The second kappa shape index (κ2) is 10.3. The largest absolute Gasteiger partial charge is 0.369 e. The van der Waals surface area contributed by atoms with Gasteiger partial charge in [0.15, 0.2) is 0 Å². The van der Waals surface area contributed by atoms with Crippen LogP contribution in [0.25, 0.3) is 28.2 Å². The van der Waals surface area contributed by atoms with Crippen LogP contribution in [0.3, 0.4) is 0 Å². The molecule has 5 aromatic rings. The SMILES string of the molecule is Cc1onc(-c2ccccc2)c1-c1cn(-c2ccc([N+](=O)[O-])cc2)c(COCc2ccc(Br)cc2)n1. The number of rotatable bonds is 8. The molecule has 5 rings (SSSR count). The molecule has 2 heterocycles. The van der Waals surface area contributed by atoms with Crippen LogP contribution in [0.15, 0.2) is 94.1 Å². The van der Waals surface area contributed by atoms with Crippen molar-refractivity contribution >= 4 is 21.6 Å². The number of aryl methyl sites for hydroxylation is 1. The van der Waals surface area contributed by atoms with Gasteiger partial charge in [-0.25, -0.2) is 4.98 Å². The van der Waals surface area contributed by atoms with Gasteiger partial charge in [-0.3, -0.25) is 10.1 Å². The zero-order chi connectivity index (χ0) is 25.1. The number of hydrogen-bond acceptors (Lipinski definition) is 6. The maximum Gasteiger partial charge on any atom is 0.269 e. The third-order valence-electron chi connectivity index (χ3n) is 5.70. The van der Waals surface area contributed by atoms with Gasteiger partial charge in [-0.2, -0.15) is 0 Å². The molecule has 3 aromatic carbocycles. The number of nitro groups is 1. The van der Waals surface area contributed by atoms with E-state index in [2.05, 4.69) is 21.1 Å². The van der Waals surface area contributed by atoms with E-state index in [9.17, 15) is 10.1 Å². The first-order valence-electron chi connectivity index (χ1n) is 11.2. The van der Waals surface area contributed by atoms with Crippen LogP contribution in [-0.4, -0.2) is 19.6 Å². The third kappa shape index (κ3) is 4.98. The fraction of sp³-hybridized carbons (Fsp3) is 0.111. The topological polar surface area (TPSA) is 96.2 Å². The van der Waals surface area contributed by atoms with Crippen LogP contribution in [0.1, 0.15) is 17.1 Å². The molecule has 9 heteroatoms. The van der Waals surface area contributed by atoms with Crippen LogP contribution in [0.2, 0.25) is 0 Å². The lowest BCUT2D eigenvalue weighted by molar-refractivity contribution is -0.384. The normalized spacial score (nSPS) is 11.1. The molecule has 0 N–H and O–H groups in total. The Balaban J connectivity index is 1.51. The Hall–Kier alpha value is -4.08. The minimum atomic E-state index is -0.419. The third-order valence-corrected chi connectivity index (χ3v) is 6.23. The lowest BCUT2D eigenvalue weighted by Crippen LogP contribution is -2.03. The Morgan fingerprint density at radius 2 is 1.72 bits per heavy atom. The number of benzene rings is 3. The maximum absolute atomic E-state index is 11.1. The molecule has 0 spiro atoms. The van der Waals surface area contributed by atoms with Gasteiger partial charge in [0.25, 0.3) is 5.69 Å². The summed E-state index contributed by atoms with van der Waals surface area (Å²) in [5.74, 6) is 1.29. The lowest BCUT2D eigenvalue weighted by Gasteiger charge is -2.08. The van der Waals surface area contributed by atoms with Gasteiger partial charge in [-0.15, -0.1) is 0 Å². The lowest BCUT2D eigenvalue weighted by atomic mass is 10.0. The fourth-order valence-electron chi connectivity index (χ4n) is 3.91. The minimum absolute atomic E-state index is 0.0216. The van der Waals surface area contributed by atoms with E-state index in [1.54, 1.807) is 12.1 Å². The van der Waals surface area contributed by atoms with Crippen molar-refractivity contribution in [3.8, 4) is 28.2 Å². The number of halogens is 1. The predicted octanol–water partition coefficient (Wildman–Crippen LogP) is 6.89. The van der Waals surface area contributed by atoms with E-state index < -0.39 is 4.92 Å². The molecule has 8 nitrogen and oxygen atoms in total. The van der Waals surface area contributed by atoms with E-state index in [-0.39, 0.29) is 12.3 Å². The fourth-order valence-corrected chi connectivity index (χ4v) is 4.17. The van der Waals surface area contributed by atoms with Gasteiger partial charge in [0.05, 0.1) is 22.8 Å². The summed E-state index contributed by atoms with van der Waals surface area (Å²) in [6, 6.07) is 24.0. The van der Waals surface area contributed by atoms with Crippen molar-refractivity contribution in [2.45, 2.75) is 20.1 Å². The summed E-state index contributed by atoms with van der Waals surface area (Å²) in [6.45, 7) is 2.50. The molecular weight excluding hydrogens is 524 g/mol. The van der Waals surface area contributed by atoms with Crippen molar-refractivity contribution in [2.75, 3.05) is 0 Å². The molecule has 0 bridgehead atoms. The molecule has 0 saturated heterocycles. The highest BCUT2D eigenvalue weighted by Crippen LogP contribution is 2.34. The van der Waals surface area contributed by atoms with Gasteiger partial charge >= 0.3 is 0 Å². The highest BCUT2D eigenvalue weighted by atomic mass is 79.9. The number of ether oxygens (including phenoxy) is 1. The molecule has 0 aliphatic carbocycles. The van der Waals surface area contributed by atoms with Crippen molar-refractivity contribution in [3.05, 3.63) is 117 Å². The van der Waals surface area contributed by atoms with E-state index >= 15 is 0 Å². The Bertz CT molecular complexity index is 1490. The van der Waals surface area contributed by atoms with E-state index in [0.29, 0.717) is 29.6 Å². The molecule has 0 aliphatic rings. The van der Waals surface area contributed by atoms with Crippen LogP contribution in [0.4, 0.5) is 5.69 Å². The van der Waals surface area contributed by atoms with Crippen molar-refractivity contribution < 1.29 is 14.2 Å². The number of aromatic nitrogens is 3. The van der Waals surface area contributed by atoms with Gasteiger partial charge in [-0.1, -0.05) is 63.6 Å². The van der Waals surface area contributed by atoms with Crippen LogP contribution in [0.5, 0.6) is 0 Å². The molecule has 2 aromatic heterocycles. The summed E-state index contributed by atoms with van der Waals surface area (Å²) < 4.78 is 14.4. The van der Waals surface area contributed by atoms with Gasteiger partial charge in [0, 0.05) is 34.1 Å². The number of non-ortho nitro benzene ring substituents is 1. The Morgan fingerprint density at radius 1 is 1.00 bits per heavy atom. The standard InChI is InChI=1S/C27H21BrN4O4/c1-18-26(27(30-36-18)20-5-3-2-4-6-20)24-15-31(22-11-13-23(14-12-22)32(33)34)25(29-24)17-35-16-19-7-9-21(28)10-8-19/h2-15H,16-17H2,1H3. The van der Waals surface area contributed by atoms with E-state index in [1.807, 2.05) is 72.3 Å². The maximum atomic E-state index is 11.1. The highest BCUT2D eigenvalue weighted by molar-refractivity contribution is 9.10. The average Bonchev–Trinajstić information content (AvgIpc) is 3.49. The molecule has 36 heavy (non-hydrogen) atoms. The molecule has 0 atom stereocenters. The first-order valence-corrected chi connectivity index (χ1v) is 12.0. The van der Waals surface area contributed by atoms with E-state index in [1.165, 1.54) is 12.1 Å². The summed E-state index contributed by atoms with van der Waals surface area (Å²) in [6.07, 6.45) is 1.88. The van der Waals surface area contributed by atoms with Gasteiger partial charge in [0.1, 0.15) is 23.9 Å². The Kier molecular flexibility index (Phi) is 6.75. The second-order valence-electron chi connectivity index (χ2n) is 8.13. The van der Waals surface area contributed by atoms with E-state index in [4.69, 9.17) is 14.2 Å². The molecule has 0 fully saturated rings. The van der Waals surface area contributed by atoms with Crippen molar-refractivity contribution in [3.63, 3.8) is 0 Å². The summed E-state index contributed by atoms with van der Waals surface area (Å²) in [4.78, 5) is 15.6. The monoisotopic (exact) mass is 544 g/mol. The first-order chi connectivity index (χ1) is 17.5. The summed E-state index contributed by atoms with van der Waals surface area (Å²) >= 11 is 3.44. The number of nitro benzene ring substituents is 1. The highest BCUT2D eigenvalue weighted by Gasteiger charge is 2.21. The number of nitrogens with zero attached hydrogens (tertiary/aromatic N) is 4. The zero-order valence-electron chi connectivity index (χ0n) is 19.3. The van der Waals surface area contributed by atoms with Crippen LogP contribution >= 0.6 is 15.9 Å². The molecule has 0 saturated carbocycles. The van der Waals surface area contributed by atoms with Crippen molar-refractivity contribution in [1.29, 1.82) is 0 Å². The van der Waals surface area contributed by atoms with Gasteiger partial charge in [0.2, 0.25) is 0 Å². The molecular formula is C27H21BrN4O4. The van der Waals surface area contributed by atoms with Gasteiger partial charge < -0.3 is 13.8 Å². The minimum Gasteiger partial charge on any atom is -0.369 e. The molecule has 0 aliphatic heterocycles.